The summed E-state index contributed by atoms with van der Waals surface area (Å²) in [5.41, 5.74) is 1.13. The fourth-order valence-corrected chi connectivity index (χ4v) is 3.08. The summed E-state index contributed by atoms with van der Waals surface area (Å²) in [5, 5.41) is 6.57. The van der Waals surface area contributed by atoms with Crippen LogP contribution in [0.25, 0.3) is 0 Å². The second-order valence-electron chi connectivity index (χ2n) is 6.19. The highest BCUT2D eigenvalue weighted by Gasteiger charge is 2.24. The molecule has 0 radical (unpaired) electrons. The van der Waals surface area contributed by atoms with Crippen molar-refractivity contribution in [2.24, 2.45) is 0 Å². The minimum Gasteiger partial charge on any atom is -0.492 e. The Labute approximate surface area is 147 Å². The van der Waals surface area contributed by atoms with E-state index in [0.29, 0.717) is 24.7 Å². The van der Waals surface area contributed by atoms with Crippen LogP contribution in [0.3, 0.4) is 0 Å². The number of hydrogen-bond donors (Lipinski definition) is 2. The van der Waals surface area contributed by atoms with Crippen LogP contribution >= 0.6 is 0 Å². The van der Waals surface area contributed by atoms with Gasteiger partial charge in [0.2, 0.25) is 0 Å². The van der Waals surface area contributed by atoms with E-state index in [-0.39, 0.29) is 5.91 Å². The van der Waals surface area contributed by atoms with Crippen molar-refractivity contribution < 1.29 is 19.0 Å². The van der Waals surface area contributed by atoms with Gasteiger partial charge < -0.3 is 24.4 Å². The van der Waals surface area contributed by atoms with Gasteiger partial charge in [0.25, 0.3) is 5.91 Å². The smallest absolute Gasteiger partial charge is 0.280 e. The van der Waals surface area contributed by atoms with Crippen molar-refractivity contribution in [3.63, 3.8) is 0 Å². The maximum absolute atomic E-state index is 12.1. The minimum absolute atomic E-state index is 0.0357. The Kier molecular flexibility index (Phi) is 5.55. The molecule has 1 amide bonds. The van der Waals surface area contributed by atoms with Gasteiger partial charge in [-0.2, -0.15) is 0 Å². The summed E-state index contributed by atoms with van der Waals surface area (Å²) in [7, 11) is 0. The first-order valence-electron chi connectivity index (χ1n) is 8.69. The maximum Gasteiger partial charge on any atom is 0.280 e. The van der Waals surface area contributed by atoms with Crippen molar-refractivity contribution in [1.82, 2.24) is 5.16 Å². The highest BCUT2D eigenvalue weighted by molar-refractivity contribution is 5.90. The van der Waals surface area contributed by atoms with E-state index in [0.717, 1.165) is 37.6 Å². The molecule has 1 saturated heterocycles. The number of nitrogens with one attached hydrogen (secondary N) is 2. The van der Waals surface area contributed by atoms with Crippen LogP contribution in [0.2, 0.25) is 0 Å². The molecule has 134 valence electrons. The molecule has 2 aromatic rings. The number of aryl methyl sites for hydroxylation is 1. The normalized spacial score (nSPS) is 15.2. The molecule has 0 aliphatic carbocycles. The second kappa shape index (κ2) is 8.02. The molecule has 2 N–H and O–H groups in total. The van der Waals surface area contributed by atoms with Gasteiger partial charge in [0.05, 0.1) is 38.5 Å². The largest absolute Gasteiger partial charge is 0.492 e. The van der Waals surface area contributed by atoms with Gasteiger partial charge in [0, 0.05) is 6.07 Å². The van der Waals surface area contributed by atoms with Gasteiger partial charge in [0.1, 0.15) is 11.5 Å². The molecule has 0 spiro atoms. The van der Waals surface area contributed by atoms with Gasteiger partial charge in [-0.15, -0.1) is 0 Å². The Hall–Kier alpha value is -2.54. The summed E-state index contributed by atoms with van der Waals surface area (Å²) in [6, 6.07) is 9.84. The zero-order valence-electron chi connectivity index (χ0n) is 14.7. The molecule has 1 aromatic heterocycles. The predicted octanol–water partition coefficient (Wildman–Crippen LogP) is 0.725. The van der Waals surface area contributed by atoms with E-state index in [1.165, 1.54) is 4.90 Å². The third kappa shape index (κ3) is 4.51. The molecule has 3 rings (SSSR count). The topological polar surface area (TPSA) is 72.0 Å². The van der Waals surface area contributed by atoms with Crippen molar-refractivity contribution in [3.8, 4) is 5.75 Å². The fraction of sp³-hybridized carbons (Fsp3) is 0.444. The number of benzene rings is 1. The molecule has 25 heavy (non-hydrogen) atoms. The quantitative estimate of drug-likeness (QED) is 0.807. The molecule has 0 unspecified atom stereocenters. The number of amides is 1. The summed E-state index contributed by atoms with van der Waals surface area (Å²) >= 11 is 0. The van der Waals surface area contributed by atoms with E-state index in [2.05, 4.69) is 21.4 Å². The van der Waals surface area contributed by atoms with Crippen molar-refractivity contribution in [2.45, 2.75) is 13.8 Å². The van der Waals surface area contributed by atoms with E-state index in [9.17, 15) is 4.79 Å². The van der Waals surface area contributed by atoms with E-state index in [4.69, 9.17) is 9.26 Å². The van der Waals surface area contributed by atoms with Crippen molar-refractivity contribution in [2.75, 3.05) is 49.5 Å². The van der Waals surface area contributed by atoms with Crippen LogP contribution in [0.5, 0.6) is 5.75 Å². The minimum atomic E-state index is -0.0357. The number of ether oxygens (including phenoxy) is 1. The van der Waals surface area contributed by atoms with Crippen molar-refractivity contribution >= 4 is 17.4 Å². The molecule has 1 fully saturated rings. The summed E-state index contributed by atoms with van der Waals surface area (Å²) in [6.45, 7) is 8.50. The number of anilines is 2. The van der Waals surface area contributed by atoms with Gasteiger partial charge in [-0.1, -0.05) is 17.3 Å². The zero-order valence-corrected chi connectivity index (χ0v) is 14.7. The van der Waals surface area contributed by atoms with E-state index in [1.54, 1.807) is 13.0 Å². The van der Waals surface area contributed by atoms with Crippen LogP contribution < -0.4 is 19.9 Å². The molecule has 0 atom stereocenters. The highest BCUT2D eigenvalue weighted by Crippen LogP contribution is 2.27. The number of piperazine rings is 1. The molecule has 0 bridgehead atoms. The zero-order chi connectivity index (χ0) is 17.6. The van der Waals surface area contributed by atoms with E-state index >= 15 is 0 Å². The van der Waals surface area contributed by atoms with Gasteiger partial charge in [-0.05, 0) is 26.0 Å². The Morgan fingerprint density at radius 1 is 1.36 bits per heavy atom. The van der Waals surface area contributed by atoms with Crippen LogP contribution in [0.15, 0.2) is 34.9 Å². The number of carbonyl (C=O) groups is 1. The Balaban J connectivity index is 1.51. The average molecular weight is 345 g/mol. The molecular weight excluding hydrogens is 320 g/mol. The molecule has 7 heteroatoms. The summed E-state index contributed by atoms with van der Waals surface area (Å²) in [6.07, 6.45) is 0. The number of quaternary nitrogens is 1. The molecule has 1 aromatic carbocycles. The van der Waals surface area contributed by atoms with Crippen molar-refractivity contribution in [3.05, 3.63) is 36.1 Å². The first-order valence-corrected chi connectivity index (χ1v) is 8.69. The lowest BCUT2D eigenvalue weighted by atomic mass is 10.2. The number of para-hydroxylation sites is 2. The lowest BCUT2D eigenvalue weighted by Gasteiger charge is -2.34. The fourth-order valence-electron chi connectivity index (χ4n) is 3.08. The molecule has 7 nitrogen and oxygen atoms in total. The second-order valence-corrected chi connectivity index (χ2v) is 6.19. The van der Waals surface area contributed by atoms with Crippen molar-refractivity contribution in [1.29, 1.82) is 0 Å². The third-order valence-electron chi connectivity index (χ3n) is 4.28. The first kappa shape index (κ1) is 17.3. The SMILES string of the molecule is CCOc1ccccc1N1CC[NH+](CC(=O)Nc2cc(C)on2)CC1. The summed E-state index contributed by atoms with van der Waals surface area (Å²) in [4.78, 5) is 15.7. The maximum atomic E-state index is 12.1. The monoisotopic (exact) mass is 345 g/mol. The summed E-state index contributed by atoms with van der Waals surface area (Å²) in [5.74, 6) is 2.05. The van der Waals surface area contributed by atoms with E-state index in [1.807, 2.05) is 25.1 Å². The lowest BCUT2D eigenvalue weighted by molar-refractivity contribution is -0.892. The number of rotatable bonds is 6. The molecule has 0 saturated carbocycles. The average Bonchev–Trinajstić information content (AvgIpc) is 3.01. The Morgan fingerprint density at radius 3 is 2.80 bits per heavy atom. The Bertz CT molecular complexity index is 708. The predicted molar refractivity (Wildman–Crippen MR) is 95.3 cm³/mol. The number of aromatic nitrogens is 1. The van der Waals surface area contributed by atoms with Crippen LogP contribution in [0.4, 0.5) is 11.5 Å². The van der Waals surface area contributed by atoms with E-state index < -0.39 is 0 Å². The van der Waals surface area contributed by atoms with Gasteiger partial charge in [-0.3, -0.25) is 4.79 Å². The molecule has 2 heterocycles. The third-order valence-corrected chi connectivity index (χ3v) is 4.28. The van der Waals surface area contributed by atoms with Gasteiger partial charge in [-0.25, -0.2) is 0 Å². The standard InChI is InChI=1S/C18H24N4O3/c1-3-24-16-7-5-4-6-15(16)22-10-8-21(9-11-22)13-18(23)19-17-12-14(2)25-20-17/h4-7,12H,3,8-11,13H2,1-2H3,(H,19,20,23)/p+1. The Morgan fingerprint density at radius 2 is 2.12 bits per heavy atom. The highest BCUT2D eigenvalue weighted by atomic mass is 16.5. The van der Waals surface area contributed by atoms with Crippen LogP contribution in [-0.4, -0.2) is 50.4 Å². The lowest BCUT2D eigenvalue weighted by Crippen LogP contribution is -3.15. The molecule has 1 aliphatic rings. The van der Waals surface area contributed by atoms with Crippen LogP contribution in [0, 0.1) is 6.92 Å². The van der Waals surface area contributed by atoms with Crippen LogP contribution in [0.1, 0.15) is 12.7 Å². The number of carbonyl (C=O) groups excluding carboxylic acids is 1. The van der Waals surface area contributed by atoms with Gasteiger partial charge in [0.15, 0.2) is 12.4 Å². The first-order chi connectivity index (χ1) is 12.2. The van der Waals surface area contributed by atoms with Crippen LogP contribution in [-0.2, 0) is 4.79 Å². The van der Waals surface area contributed by atoms with Gasteiger partial charge >= 0.3 is 0 Å². The molecular formula is C18H25N4O3+. The molecule has 1 aliphatic heterocycles. The number of nitrogens with zero attached hydrogens (tertiary/aromatic N) is 2. The summed E-state index contributed by atoms with van der Waals surface area (Å²) < 4.78 is 10.7. The number of hydrogen-bond acceptors (Lipinski definition) is 5.